The second kappa shape index (κ2) is 11.4. The van der Waals surface area contributed by atoms with E-state index in [1.807, 2.05) is 0 Å². The number of ether oxygens (including phenoxy) is 1. The van der Waals surface area contributed by atoms with Gasteiger partial charge in [0.15, 0.2) is 0 Å². The number of rotatable bonds is 10. The number of amides is 1. The molecule has 0 radical (unpaired) electrons. The van der Waals surface area contributed by atoms with Gasteiger partial charge in [-0.25, -0.2) is 0 Å². The van der Waals surface area contributed by atoms with Crippen molar-refractivity contribution in [3.63, 3.8) is 0 Å². The van der Waals surface area contributed by atoms with Crippen LogP contribution in [-0.4, -0.2) is 25.5 Å². The molecule has 0 aliphatic rings. The van der Waals surface area contributed by atoms with Gasteiger partial charge < -0.3 is 10.1 Å². The zero-order valence-electron chi connectivity index (χ0n) is 11.1. The van der Waals surface area contributed by atoms with Gasteiger partial charge in [-0.2, -0.15) is 0 Å². The van der Waals surface area contributed by atoms with Gasteiger partial charge in [0.1, 0.15) is 0 Å². The molecule has 0 bridgehead atoms. The van der Waals surface area contributed by atoms with Crippen LogP contribution in [0.15, 0.2) is 0 Å². The molecule has 17 heavy (non-hydrogen) atoms. The van der Waals surface area contributed by atoms with Crippen LogP contribution >= 0.6 is 0 Å². The fourth-order valence-electron chi connectivity index (χ4n) is 1.56. The highest BCUT2D eigenvalue weighted by Crippen LogP contribution is 2.06. The number of hydrogen-bond acceptors (Lipinski definition) is 3. The Morgan fingerprint density at radius 1 is 1.00 bits per heavy atom. The molecule has 0 unspecified atom stereocenters. The number of esters is 1. The van der Waals surface area contributed by atoms with Gasteiger partial charge in [-0.3, -0.25) is 9.59 Å². The van der Waals surface area contributed by atoms with Crippen molar-refractivity contribution in [2.24, 2.45) is 0 Å². The Morgan fingerprint density at radius 2 is 1.65 bits per heavy atom. The summed E-state index contributed by atoms with van der Waals surface area (Å²) >= 11 is 0. The highest BCUT2D eigenvalue weighted by atomic mass is 16.5. The molecule has 0 spiro atoms. The first-order chi connectivity index (χ1) is 8.20. The molecule has 0 saturated carbocycles. The monoisotopic (exact) mass is 243 g/mol. The maximum atomic E-state index is 11.3. The summed E-state index contributed by atoms with van der Waals surface area (Å²) < 4.78 is 4.48. The fraction of sp³-hybridized carbons (Fsp3) is 0.846. The van der Waals surface area contributed by atoms with Gasteiger partial charge >= 0.3 is 5.97 Å². The molecule has 0 aliphatic heterocycles. The number of methoxy groups -OCH3 is 1. The van der Waals surface area contributed by atoms with Gasteiger partial charge in [0.05, 0.1) is 13.5 Å². The van der Waals surface area contributed by atoms with Crippen molar-refractivity contribution in [2.45, 2.75) is 58.3 Å². The van der Waals surface area contributed by atoms with Crippen LogP contribution in [0.25, 0.3) is 0 Å². The second-order valence-corrected chi connectivity index (χ2v) is 4.19. The van der Waals surface area contributed by atoms with Crippen LogP contribution in [-0.2, 0) is 14.3 Å². The third-order valence-electron chi connectivity index (χ3n) is 2.64. The molecule has 0 atom stereocenters. The minimum absolute atomic E-state index is 0.0318. The second-order valence-electron chi connectivity index (χ2n) is 4.19. The number of carbonyl (C=O) groups is 2. The Balaban J connectivity index is 3.26. The predicted octanol–water partition coefficient (Wildman–Crippen LogP) is 2.42. The zero-order valence-corrected chi connectivity index (χ0v) is 11.1. The van der Waals surface area contributed by atoms with Gasteiger partial charge in [-0.15, -0.1) is 0 Å². The number of carbonyl (C=O) groups excluding carboxylic acids is 2. The Bertz CT molecular complexity index is 217. The molecular formula is C13H25NO3. The molecule has 4 nitrogen and oxygen atoms in total. The Kier molecular flexibility index (Phi) is 10.7. The Morgan fingerprint density at radius 3 is 2.29 bits per heavy atom. The van der Waals surface area contributed by atoms with Crippen LogP contribution in [0.5, 0.6) is 0 Å². The van der Waals surface area contributed by atoms with E-state index in [1.54, 1.807) is 0 Å². The first kappa shape index (κ1) is 15.9. The summed E-state index contributed by atoms with van der Waals surface area (Å²) in [6.07, 6.45) is 7.87. The Labute approximate surface area is 104 Å². The third-order valence-corrected chi connectivity index (χ3v) is 2.64. The van der Waals surface area contributed by atoms with E-state index < -0.39 is 0 Å². The van der Waals surface area contributed by atoms with Crippen LogP contribution in [0.2, 0.25) is 0 Å². The van der Waals surface area contributed by atoms with E-state index in [1.165, 1.54) is 32.8 Å². The largest absolute Gasteiger partial charge is 0.469 e. The average molecular weight is 243 g/mol. The van der Waals surface area contributed by atoms with E-state index in [0.29, 0.717) is 13.0 Å². The predicted molar refractivity (Wildman–Crippen MR) is 67.6 cm³/mol. The van der Waals surface area contributed by atoms with Gasteiger partial charge in [0.25, 0.3) is 0 Å². The van der Waals surface area contributed by atoms with Gasteiger partial charge in [-0.1, -0.05) is 39.0 Å². The lowest BCUT2D eigenvalue weighted by molar-refractivity contribution is -0.140. The minimum Gasteiger partial charge on any atom is -0.469 e. The van der Waals surface area contributed by atoms with E-state index in [-0.39, 0.29) is 18.3 Å². The van der Waals surface area contributed by atoms with E-state index >= 15 is 0 Å². The summed E-state index contributed by atoms with van der Waals surface area (Å²) in [6, 6.07) is 0. The highest BCUT2D eigenvalue weighted by molar-refractivity contribution is 5.76. The van der Waals surface area contributed by atoms with Crippen molar-refractivity contribution < 1.29 is 14.3 Å². The number of nitrogens with one attached hydrogen (secondary N) is 1. The summed E-state index contributed by atoms with van der Waals surface area (Å²) in [4.78, 5) is 22.1. The van der Waals surface area contributed by atoms with Crippen molar-refractivity contribution >= 4 is 11.9 Å². The molecule has 100 valence electrons. The summed E-state index contributed by atoms with van der Waals surface area (Å²) in [7, 11) is 1.35. The molecule has 1 amide bonds. The van der Waals surface area contributed by atoms with E-state index in [4.69, 9.17) is 0 Å². The third kappa shape index (κ3) is 11.2. The van der Waals surface area contributed by atoms with Crippen molar-refractivity contribution in [3.8, 4) is 0 Å². The van der Waals surface area contributed by atoms with E-state index in [2.05, 4.69) is 17.0 Å². The van der Waals surface area contributed by atoms with Gasteiger partial charge in [-0.05, 0) is 6.42 Å². The van der Waals surface area contributed by atoms with Crippen LogP contribution < -0.4 is 5.32 Å². The van der Waals surface area contributed by atoms with Crippen molar-refractivity contribution in [1.82, 2.24) is 5.32 Å². The van der Waals surface area contributed by atoms with E-state index in [9.17, 15) is 9.59 Å². The van der Waals surface area contributed by atoms with Crippen LogP contribution in [0.3, 0.4) is 0 Å². The summed E-state index contributed by atoms with van der Waals surface area (Å²) in [6.45, 7) is 2.57. The van der Waals surface area contributed by atoms with E-state index in [0.717, 1.165) is 12.8 Å². The molecule has 0 aliphatic carbocycles. The molecule has 1 N–H and O–H groups in total. The molecule has 0 rings (SSSR count). The fourth-order valence-corrected chi connectivity index (χ4v) is 1.56. The minimum atomic E-state index is -0.287. The van der Waals surface area contributed by atoms with Crippen LogP contribution in [0, 0.1) is 0 Å². The van der Waals surface area contributed by atoms with Crippen molar-refractivity contribution in [2.75, 3.05) is 13.7 Å². The Hall–Kier alpha value is -1.06. The first-order valence-corrected chi connectivity index (χ1v) is 6.54. The lowest BCUT2D eigenvalue weighted by atomic mass is 10.1. The summed E-state index contributed by atoms with van der Waals surface area (Å²) in [5, 5.41) is 2.71. The maximum Gasteiger partial charge on any atom is 0.307 e. The number of hydrogen-bond donors (Lipinski definition) is 1. The van der Waals surface area contributed by atoms with Gasteiger partial charge in [0.2, 0.25) is 5.91 Å². The maximum absolute atomic E-state index is 11.3. The zero-order chi connectivity index (χ0) is 12.9. The molecule has 4 heteroatoms. The van der Waals surface area contributed by atoms with Crippen molar-refractivity contribution in [1.29, 1.82) is 0 Å². The van der Waals surface area contributed by atoms with Crippen molar-refractivity contribution in [3.05, 3.63) is 0 Å². The summed E-state index contributed by atoms with van der Waals surface area (Å²) in [5.41, 5.74) is 0. The van der Waals surface area contributed by atoms with Crippen LogP contribution in [0.1, 0.15) is 58.3 Å². The topological polar surface area (TPSA) is 55.4 Å². The smallest absolute Gasteiger partial charge is 0.307 e. The number of unbranched alkanes of at least 4 members (excludes halogenated alkanes) is 5. The molecule has 0 aromatic rings. The quantitative estimate of drug-likeness (QED) is 0.473. The molecular weight excluding hydrogens is 218 g/mol. The molecule has 0 aromatic carbocycles. The standard InChI is InChI=1S/C13H25NO3/c1-3-4-5-6-7-8-9-12(15)14-11-10-13(16)17-2/h3-11H2,1-2H3,(H,14,15). The van der Waals surface area contributed by atoms with Gasteiger partial charge in [0, 0.05) is 13.0 Å². The average Bonchev–Trinajstić information content (AvgIpc) is 2.33. The highest BCUT2D eigenvalue weighted by Gasteiger charge is 2.03. The normalized spacial score (nSPS) is 10.0. The molecule has 0 aromatic heterocycles. The first-order valence-electron chi connectivity index (χ1n) is 6.54. The van der Waals surface area contributed by atoms with Crippen LogP contribution in [0.4, 0.5) is 0 Å². The lowest BCUT2D eigenvalue weighted by Crippen LogP contribution is -2.25. The SMILES string of the molecule is CCCCCCCCC(=O)NCCC(=O)OC. The molecule has 0 saturated heterocycles. The molecule has 0 heterocycles. The lowest BCUT2D eigenvalue weighted by Gasteiger charge is -2.04. The molecule has 0 fully saturated rings. The summed E-state index contributed by atoms with van der Waals surface area (Å²) in [5.74, 6) is -0.255.